The van der Waals surface area contributed by atoms with Crippen LogP contribution in [0.4, 0.5) is 4.39 Å². The zero-order valence-electron chi connectivity index (χ0n) is 10.8. The first-order chi connectivity index (χ1) is 8.08. The predicted molar refractivity (Wildman–Crippen MR) is 71.8 cm³/mol. The minimum absolute atomic E-state index is 0.182. The van der Waals surface area contributed by atoms with Gasteiger partial charge < -0.3 is 5.32 Å². The van der Waals surface area contributed by atoms with E-state index in [0.29, 0.717) is 18.5 Å². The molecule has 1 atom stereocenters. The Kier molecular flexibility index (Phi) is 5.93. The van der Waals surface area contributed by atoms with E-state index in [4.69, 9.17) is 11.6 Å². The molecule has 0 saturated carbocycles. The molecule has 1 aromatic rings. The topological polar surface area (TPSA) is 12.0 Å². The van der Waals surface area contributed by atoms with Crippen LogP contribution >= 0.6 is 11.6 Å². The van der Waals surface area contributed by atoms with Crippen molar-refractivity contribution in [3.63, 3.8) is 0 Å². The van der Waals surface area contributed by atoms with Crippen LogP contribution in [0.5, 0.6) is 0 Å². The standard InChI is InChI=1S/C14H21ClFN/c1-4-12(5-2)10(3)17-9-11-6-7-13(15)14(16)8-11/h6-8,10,12,17H,4-5,9H2,1-3H3. The maximum atomic E-state index is 13.2. The van der Waals surface area contributed by atoms with Crippen LogP contribution in [0, 0.1) is 11.7 Å². The second-order valence-electron chi connectivity index (χ2n) is 4.49. The lowest BCUT2D eigenvalue weighted by atomic mass is 9.95. The van der Waals surface area contributed by atoms with Crippen LogP contribution in [-0.4, -0.2) is 6.04 Å². The van der Waals surface area contributed by atoms with Crippen molar-refractivity contribution in [2.24, 2.45) is 5.92 Å². The third kappa shape index (κ3) is 4.29. The Labute approximate surface area is 108 Å². The summed E-state index contributed by atoms with van der Waals surface area (Å²) >= 11 is 5.64. The lowest BCUT2D eigenvalue weighted by Crippen LogP contribution is -2.32. The molecule has 0 fully saturated rings. The summed E-state index contributed by atoms with van der Waals surface area (Å²) in [5.41, 5.74) is 0.935. The molecule has 3 heteroatoms. The number of benzene rings is 1. The molecule has 0 aliphatic rings. The van der Waals surface area contributed by atoms with Crippen molar-refractivity contribution in [2.75, 3.05) is 0 Å². The van der Waals surface area contributed by atoms with Gasteiger partial charge in [-0.05, 0) is 30.5 Å². The lowest BCUT2D eigenvalue weighted by Gasteiger charge is -2.22. The fourth-order valence-corrected chi connectivity index (χ4v) is 2.21. The minimum atomic E-state index is -0.346. The number of rotatable bonds is 6. The van der Waals surface area contributed by atoms with Gasteiger partial charge in [-0.2, -0.15) is 0 Å². The van der Waals surface area contributed by atoms with Gasteiger partial charge in [-0.15, -0.1) is 0 Å². The monoisotopic (exact) mass is 257 g/mol. The summed E-state index contributed by atoms with van der Waals surface area (Å²) in [4.78, 5) is 0. The zero-order valence-corrected chi connectivity index (χ0v) is 11.5. The van der Waals surface area contributed by atoms with Gasteiger partial charge in [0.15, 0.2) is 0 Å². The van der Waals surface area contributed by atoms with Gasteiger partial charge in [-0.25, -0.2) is 4.39 Å². The highest BCUT2D eigenvalue weighted by molar-refractivity contribution is 6.30. The van der Waals surface area contributed by atoms with Crippen LogP contribution in [0.1, 0.15) is 39.2 Å². The Balaban J connectivity index is 2.52. The van der Waals surface area contributed by atoms with Gasteiger partial charge in [0.1, 0.15) is 5.82 Å². The SMILES string of the molecule is CCC(CC)C(C)NCc1ccc(Cl)c(F)c1. The molecule has 1 rings (SSSR count). The van der Waals surface area contributed by atoms with Crippen LogP contribution < -0.4 is 5.32 Å². The quantitative estimate of drug-likeness (QED) is 0.797. The second-order valence-corrected chi connectivity index (χ2v) is 4.90. The molecule has 0 saturated heterocycles. The Hall–Kier alpha value is -0.600. The van der Waals surface area contributed by atoms with Crippen LogP contribution in [-0.2, 0) is 6.54 Å². The normalized spacial score (nSPS) is 13.1. The summed E-state index contributed by atoms with van der Waals surface area (Å²) in [5.74, 6) is 0.327. The maximum Gasteiger partial charge on any atom is 0.142 e. The highest BCUT2D eigenvalue weighted by atomic mass is 35.5. The Morgan fingerprint density at radius 3 is 2.47 bits per heavy atom. The molecule has 1 nitrogen and oxygen atoms in total. The first-order valence-electron chi connectivity index (χ1n) is 6.25. The first-order valence-corrected chi connectivity index (χ1v) is 6.63. The van der Waals surface area contributed by atoms with E-state index in [1.165, 1.54) is 18.9 Å². The summed E-state index contributed by atoms with van der Waals surface area (Å²) < 4.78 is 13.2. The molecule has 0 radical (unpaired) electrons. The summed E-state index contributed by atoms with van der Waals surface area (Å²) in [7, 11) is 0. The van der Waals surface area contributed by atoms with Crippen molar-refractivity contribution in [3.8, 4) is 0 Å². The van der Waals surface area contributed by atoms with E-state index < -0.39 is 0 Å². The molecule has 1 unspecified atom stereocenters. The number of hydrogen-bond acceptors (Lipinski definition) is 1. The van der Waals surface area contributed by atoms with Gasteiger partial charge in [0.2, 0.25) is 0 Å². The molecule has 0 amide bonds. The molecular weight excluding hydrogens is 237 g/mol. The molecule has 0 bridgehead atoms. The molecule has 0 aromatic heterocycles. The van der Waals surface area contributed by atoms with Crippen LogP contribution in [0.25, 0.3) is 0 Å². The third-order valence-corrected chi connectivity index (χ3v) is 3.67. The van der Waals surface area contributed by atoms with Gasteiger partial charge in [0.05, 0.1) is 5.02 Å². The van der Waals surface area contributed by atoms with E-state index in [9.17, 15) is 4.39 Å². The fourth-order valence-electron chi connectivity index (χ4n) is 2.09. The Morgan fingerprint density at radius 1 is 1.29 bits per heavy atom. The summed E-state index contributed by atoms with van der Waals surface area (Å²) in [6.45, 7) is 7.28. The highest BCUT2D eigenvalue weighted by Gasteiger charge is 2.12. The average Bonchev–Trinajstić information content (AvgIpc) is 2.32. The van der Waals surface area contributed by atoms with E-state index in [1.807, 2.05) is 6.07 Å². The molecule has 0 spiro atoms. The molecular formula is C14H21ClFN. The number of halogens is 2. The predicted octanol–water partition coefficient (Wildman–Crippen LogP) is 4.39. The smallest absolute Gasteiger partial charge is 0.142 e. The lowest BCUT2D eigenvalue weighted by molar-refractivity contribution is 0.353. The molecule has 1 aromatic carbocycles. The van der Waals surface area contributed by atoms with Crippen molar-refractivity contribution in [1.82, 2.24) is 5.32 Å². The molecule has 0 aliphatic carbocycles. The van der Waals surface area contributed by atoms with Crippen molar-refractivity contribution >= 4 is 11.6 Å². The second kappa shape index (κ2) is 6.97. The number of nitrogens with one attached hydrogen (secondary N) is 1. The Morgan fingerprint density at radius 2 is 1.94 bits per heavy atom. The van der Waals surface area contributed by atoms with Gasteiger partial charge >= 0.3 is 0 Å². The summed E-state index contributed by atoms with van der Waals surface area (Å²) in [6, 6.07) is 5.41. The van der Waals surface area contributed by atoms with Gasteiger partial charge in [0.25, 0.3) is 0 Å². The average molecular weight is 258 g/mol. The van der Waals surface area contributed by atoms with Crippen molar-refractivity contribution < 1.29 is 4.39 Å². The number of hydrogen-bond donors (Lipinski definition) is 1. The van der Waals surface area contributed by atoms with Crippen molar-refractivity contribution in [1.29, 1.82) is 0 Å². The van der Waals surface area contributed by atoms with E-state index in [2.05, 4.69) is 26.1 Å². The maximum absolute atomic E-state index is 13.2. The summed E-state index contributed by atoms with van der Waals surface area (Å²) in [6.07, 6.45) is 2.33. The Bertz CT molecular complexity index is 350. The van der Waals surface area contributed by atoms with E-state index >= 15 is 0 Å². The fraction of sp³-hybridized carbons (Fsp3) is 0.571. The largest absolute Gasteiger partial charge is 0.310 e. The summed E-state index contributed by atoms with van der Waals surface area (Å²) in [5, 5.41) is 3.62. The minimum Gasteiger partial charge on any atom is -0.310 e. The molecule has 17 heavy (non-hydrogen) atoms. The molecule has 0 heterocycles. The highest BCUT2D eigenvalue weighted by Crippen LogP contribution is 2.17. The zero-order chi connectivity index (χ0) is 12.8. The molecule has 1 N–H and O–H groups in total. The van der Waals surface area contributed by atoms with E-state index in [1.54, 1.807) is 6.07 Å². The van der Waals surface area contributed by atoms with E-state index in [0.717, 1.165) is 5.56 Å². The van der Waals surface area contributed by atoms with Crippen molar-refractivity contribution in [3.05, 3.63) is 34.6 Å². The molecule has 96 valence electrons. The van der Waals surface area contributed by atoms with Gasteiger partial charge in [-0.1, -0.05) is 44.4 Å². The van der Waals surface area contributed by atoms with Gasteiger partial charge in [0, 0.05) is 12.6 Å². The van der Waals surface area contributed by atoms with Crippen LogP contribution in [0.15, 0.2) is 18.2 Å². The van der Waals surface area contributed by atoms with Crippen LogP contribution in [0.2, 0.25) is 5.02 Å². The van der Waals surface area contributed by atoms with Gasteiger partial charge in [-0.3, -0.25) is 0 Å². The van der Waals surface area contributed by atoms with E-state index in [-0.39, 0.29) is 10.8 Å². The molecule has 0 aliphatic heterocycles. The van der Waals surface area contributed by atoms with Crippen molar-refractivity contribution in [2.45, 2.75) is 46.2 Å². The first kappa shape index (κ1) is 14.5. The van der Waals surface area contributed by atoms with Crippen LogP contribution in [0.3, 0.4) is 0 Å². The third-order valence-electron chi connectivity index (χ3n) is 3.37.